The molecular formula is C7H14Br. The molecule has 0 bridgehead atoms. The maximum atomic E-state index is 3.90. The van der Waals surface area contributed by atoms with Gasteiger partial charge in [0.05, 0.1) is 0 Å². The van der Waals surface area contributed by atoms with Gasteiger partial charge < -0.3 is 0 Å². The van der Waals surface area contributed by atoms with Gasteiger partial charge in [0, 0.05) is 4.83 Å². The van der Waals surface area contributed by atoms with Crippen molar-refractivity contribution >= 4 is 15.9 Å². The Bertz CT molecular complexity index is 50.3. The predicted octanol–water partition coefficient (Wildman–Crippen LogP) is 3.02. The summed E-state index contributed by atoms with van der Waals surface area (Å²) in [5.41, 5.74) is 0. The van der Waals surface area contributed by atoms with Crippen LogP contribution in [0.5, 0.6) is 0 Å². The molecule has 8 heavy (non-hydrogen) atoms. The Kier molecular flexibility index (Phi) is 4.63. The van der Waals surface area contributed by atoms with Crippen LogP contribution >= 0.6 is 15.9 Å². The normalized spacial score (nSPS) is 14.6. The smallest absolute Gasteiger partial charge is 0.0145 e. The van der Waals surface area contributed by atoms with Crippen molar-refractivity contribution in [1.82, 2.24) is 0 Å². The van der Waals surface area contributed by atoms with Crippen molar-refractivity contribution in [2.75, 3.05) is 0 Å². The topological polar surface area (TPSA) is 0 Å². The van der Waals surface area contributed by atoms with Crippen molar-refractivity contribution in [3.8, 4) is 0 Å². The van der Waals surface area contributed by atoms with Crippen LogP contribution in [-0.4, -0.2) is 4.83 Å². The second-order valence-corrected chi connectivity index (χ2v) is 3.64. The van der Waals surface area contributed by atoms with Crippen LogP contribution in [0.2, 0.25) is 0 Å². The summed E-state index contributed by atoms with van der Waals surface area (Å²) >= 11 is 3.54. The maximum absolute atomic E-state index is 3.90. The zero-order chi connectivity index (χ0) is 6.57. The molecule has 0 amide bonds. The third-order valence-corrected chi connectivity index (χ3v) is 2.12. The second kappa shape index (κ2) is 4.37. The molecular weight excluding hydrogens is 164 g/mol. The lowest BCUT2D eigenvalue weighted by Gasteiger charge is -2.07. The Morgan fingerprint density at radius 1 is 1.62 bits per heavy atom. The van der Waals surface area contributed by atoms with E-state index >= 15 is 0 Å². The van der Waals surface area contributed by atoms with Gasteiger partial charge in [-0.3, -0.25) is 0 Å². The van der Waals surface area contributed by atoms with E-state index in [0.717, 1.165) is 0 Å². The van der Waals surface area contributed by atoms with Gasteiger partial charge in [0.1, 0.15) is 0 Å². The summed E-state index contributed by atoms with van der Waals surface area (Å²) in [6, 6.07) is 0. The van der Waals surface area contributed by atoms with E-state index in [1.54, 1.807) is 0 Å². The van der Waals surface area contributed by atoms with Gasteiger partial charge >= 0.3 is 0 Å². The molecule has 0 heterocycles. The number of rotatable bonds is 3. The lowest BCUT2D eigenvalue weighted by molar-refractivity contribution is 0.614. The van der Waals surface area contributed by atoms with Gasteiger partial charge in [0.25, 0.3) is 0 Å². The Morgan fingerprint density at radius 3 is 2.25 bits per heavy atom. The van der Waals surface area contributed by atoms with Crippen LogP contribution in [-0.2, 0) is 0 Å². The van der Waals surface area contributed by atoms with Gasteiger partial charge in [0.15, 0.2) is 0 Å². The van der Waals surface area contributed by atoms with Crippen molar-refractivity contribution in [1.29, 1.82) is 0 Å². The zero-order valence-corrected chi connectivity index (χ0v) is 7.24. The molecule has 0 spiro atoms. The predicted molar refractivity (Wildman–Crippen MR) is 42.1 cm³/mol. The fourth-order valence-corrected chi connectivity index (χ4v) is 1.24. The monoisotopic (exact) mass is 177 g/mol. The van der Waals surface area contributed by atoms with E-state index < -0.39 is 0 Å². The van der Waals surface area contributed by atoms with E-state index in [2.05, 4.69) is 36.7 Å². The Hall–Kier alpha value is 0.480. The average molecular weight is 178 g/mol. The van der Waals surface area contributed by atoms with E-state index in [9.17, 15) is 0 Å². The van der Waals surface area contributed by atoms with Crippen LogP contribution in [0.1, 0.15) is 26.7 Å². The van der Waals surface area contributed by atoms with E-state index in [1.807, 2.05) is 0 Å². The summed E-state index contributed by atoms with van der Waals surface area (Å²) in [5, 5.41) is 0. The highest BCUT2D eigenvalue weighted by Crippen LogP contribution is 2.14. The molecule has 0 saturated heterocycles. The summed E-state index contributed by atoms with van der Waals surface area (Å²) in [6.45, 7) is 8.22. The highest BCUT2D eigenvalue weighted by Gasteiger charge is 2.02. The molecule has 2 unspecified atom stereocenters. The SMILES string of the molecule is [CH2]C(C)CC(Br)CC. The minimum atomic E-state index is 0.583. The Labute approximate surface area is 60.8 Å². The van der Waals surface area contributed by atoms with Crippen molar-refractivity contribution in [2.24, 2.45) is 5.92 Å². The zero-order valence-electron chi connectivity index (χ0n) is 5.65. The van der Waals surface area contributed by atoms with Gasteiger partial charge in [-0.15, -0.1) is 0 Å². The lowest BCUT2D eigenvalue weighted by Crippen LogP contribution is -2.00. The third kappa shape index (κ3) is 4.63. The number of alkyl halides is 1. The first-order chi connectivity index (χ1) is 3.66. The van der Waals surface area contributed by atoms with Crippen molar-refractivity contribution < 1.29 is 0 Å². The minimum Gasteiger partial charge on any atom is -0.0891 e. The number of hydrogen-bond acceptors (Lipinski definition) is 0. The summed E-state index contributed by atoms with van der Waals surface area (Å²) in [4.78, 5) is 0.676. The van der Waals surface area contributed by atoms with E-state index in [1.165, 1.54) is 12.8 Å². The van der Waals surface area contributed by atoms with Crippen LogP contribution in [0.3, 0.4) is 0 Å². The summed E-state index contributed by atoms with van der Waals surface area (Å²) in [5.74, 6) is 0.583. The molecule has 0 aliphatic carbocycles. The summed E-state index contributed by atoms with van der Waals surface area (Å²) < 4.78 is 0. The fourth-order valence-electron chi connectivity index (χ4n) is 0.603. The first-order valence-corrected chi connectivity index (χ1v) is 4.05. The van der Waals surface area contributed by atoms with E-state index in [-0.39, 0.29) is 0 Å². The van der Waals surface area contributed by atoms with Gasteiger partial charge in [-0.25, -0.2) is 0 Å². The van der Waals surface area contributed by atoms with Crippen molar-refractivity contribution in [3.63, 3.8) is 0 Å². The standard InChI is InChI=1S/C7H14Br/c1-4-7(8)5-6(2)3/h6-7H,2,4-5H2,1,3H3. The number of hydrogen-bond donors (Lipinski definition) is 0. The van der Waals surface area contributed by atoms with Crippen LogP contribution < -0.4 is 0 Å². The molecule has 49 valence electrons. The van der Waals surface area contributed by atoms with Crippen LogP contribution in [0, 0.1) is 12.8 Å². The quantitative estimate of drug-likeness (QED) is 0.582. The molecule has 0 nitrogen and oxygen atoms in total. The molecule has 0 aromatic rings. The first-order valence-electron chi connectivity index (χ1n) is 3.14. The third-order valence-electron chi connectivity index (χ3n) is 1.10. The van der Waals surface area contributed by atoms with Crippen molar-refractivity contribution in [2.45, 2.75) is 31.5 Å². The van der Waals surface area contributed by atoms with Gasteiger partial charge in [0.2, 0.25) is 0 Å². The molecule has 1 radical (unpaired) electrons. The second-order valence-electron chi connectivity index (χ2n) is 2.35. The van der Waals surface area contributed by atoms with Gasteiger partial charge in [-0.05, 0) is 18.8 Å². The average Bonchev–Trinajstić information content (AvgIpc) is 1.65. The van der Waals surface area contributed by atoms with E-state index in [4.69, 9.17) is 0 Å². The molecule has 0 aliphatic heterocycles. The molecule has 0 saturated carbocycles. The summed E-state index contributed by atoms with van der Waals surface area (Å²) in [6.07, 6.45) is 2.40. The summed E-state index contributed by atoms with van der Waals surface area (Å²) in [7, 11) is 0. The van der Waals surface area contributed by atoms with E-state index in [0.29, 0.717) is 10.7 Å². The highest BCUT2D eigenvalue weighted by molar-refractivity contribution is 9.09. The molecule has 1 heteroatoms. The number of halogens is 1. The molecule has 0 N–H and O–H groups in total. The Balaban J connectivity index is 3.10. The van der Waals surface area contributed by atoms with Crippen LogP contribution in [0.15, 0.2) is 0 Å². The minimum absolute atomic E-state index is 0.583. The van der Waals surface area contributed by atoms with Crippen molar-refractivity contribution in [3.05, 3.63) is 6.92 Å². The maximum Gasteiger partial charge on any atom is 0.0145 e. The van der Waals surface area contributed by atoms with Gasteiger partial charge in [-0.2, -0.15) is 0 Å². The van der Waals surface area contributed by atoms with Gasteiger partial charge in [-0.1, -0.05) is 36.7 Å². The largest absolute Gasteiger partial charge is 0.0891 e. The first kappa shape index (κ1) is 8.48. The molecule has 0 aromatic carbocycles. The lowest BCUT2D eigenvalue weighted by atomic mass is 10.1. The van der Waals surface area contributed by atoms with Crippen LogP contribution in [0.25, 0.3) is 0 Å². The molecule has 0 fully saturated rings. The molecule has 0 aromatic heterocycles. The molecule has 0 rings (SSSR count). The molecule has 2 atom stereocenters. The molecule has 0 aliphatic rings. The van der Waals surface area contributed by atoms with Crippen LogP contribution in [0.4, 0.5) is 0 Å². The Morgan fingerprint density at radius 2 is 2.12 bits per heavy atom. The highest BCUT2D eigenvalue weighted by atomic mass is 79.9. The fraction of sp³-hybridized carbons (Fsp3) is 0.857.